The third-order valence-corrected chi connectivity index (χ3v) is 8.19. The predicted molar refractivity (Wildman–Crippen MR) is 138 cm³/mol. The first-order valence-electron chi connectivity index (χ1n) is 12.9. The number of aromatic hydroxyl groups is 1. The molecule has 0 amide bonds. The van der Waals surface area contributed by atoms with Crippen LogP contribution in [0.3, 0.4) is 0 Å². The number of hydrogen-bond donors (Lipinski definition) is 1. The molecule has 2 aromatic carbocycles. The maximum atomic E-state index is 16.2. The number of aromatic nitrogens is 3. The summed E-state index contributed by atoms with van der Waals surface area (Å²) in [5.74, 6) is 0.272. The Morgan fingerprint density at radius 2 is 1.86 bits per heavy atom. The molecule has 36 heavy (non-hydrogen) atoms. The van der Waals surface area contributed by atoms with E-state index < -0.39 is 5.82 Å². The highest BCUT2D eigenvalue weighted by Crippen LogP contribution is 2.46. The minimum Gasteiger partial charge on any atom is -0.508 e. The Kier molecular flexibility index (Phi) is 5.54. The molecule has 1 N–H and O–H groups in total. The van der Waals surface area contributed by atoms with Crippen LogP contribution in [0.4, 0.5) is 14.6 Å². The number of hydrogen-bond acceptors (Lipinski definition) is 5. The van der Waals surface area contributed by atoms with Gasteiger partial charge >= 0.3 is 0 Å². The van der Waals surface area contributed by atoms with E-state index in [-0.39, 0.29) is 22.8 Å². The van der Waals surface area contributed by atoms with Crippen molar-refractivity contribution in [2.75, 3.05) is 18.0 Å². The molecule has 2 fully saturated rings. The van der Waals surface area contributed by atoms with Crippen LogP contribution in [-0.4, -0.2) is 33.1 Å². The quantitative estimate of drug-likeness (QED) is 0.341. The monoisotopic (exact) mass is 488 g/mol. The Hall–Kier alpha value is -3.35. The van der Waals surface area contributed by atoms with Crippen molar-refractivity contribution in [3.05, 3.63) is 53.5 Å². The van der Waals surface area contributed by atoms with Crippen molar-refractivity contribution in [2.24, 2.45) is 5.41 Å². The van der Waals surface area contributed by atoms with Gasteiger partial charge in [-0.25, -0.2) is 18.7 Å². The molecule has 1 spiro atoms. The second-order valence-corrected chi connectivity index (χ2v) is 10.5. The van der Waals surface area contributed by atoms with Gasteiger partial charge in [-0.15, -0.1) is 0 Å². The van der Waals surface area contributed by atoms with Gasteiger partial charge in [-0.05, 0) is 72.6 Å². The van der Waals surface area contributed by atoms with Gasteiger partial charge in [-0.3, -0.25) is 4.98 Å². The number of anilines is 1. The van der Waals surface area contributed by atoms with Gasteiger partial charge in [0.2, 0.25) is 0 Å². The van der Waals surface area contributed by atoms with Crippen LogP contribution in [0.25, 0.3) is 32.9 Å². The lowest BCUT2D eigenvalue weighted by Gasteiger charge is -2.33. The molecule has 3 heterocycles. The van der Waals surface area contributed by atoms with E-state index >= 15 is 4.39 Å². The lowest BCUT2D eigenvalue weighted by molar-refractivity contribution is 0.219. The first-order chi connectivity index (χ1) is 17.4. The topological polar surface area (TPSA) is 62.1 Å². The summed E-state index contributed by atoms with van der Waals surface area (Å²) < 4.78 is 30.9. The number of aryl methyl sites for hydroxylation is 2. The van der Waals surface area contributed by atoms with Crippen LogP contribution >= 0.6 is 0 Å². The largest absolute Gasteiger partial charge is 0.508 e. The molecule has 2 aromatic heterocycles. The lowest BCUT2D eigenvalue weighted by atomic mass is 9.73. The summed E-state index contributed by atoms with van der Waals surface area (Å²) in [4.78, 5) is 16.0. The van der Waals surface area contributed by atoms with Crippen LogP contribution in [0.1, 0.15) is 56.8 Å². The van der Waals surface area contributed by atoms with Crippen LogP contribution < -0.4 is 4.90 Å². The van der Waals surface area contributed by atoms with Gasteiger partial charge in [0.25, 0.3) is 0 Å². The van der Waals surface area contributed by atoms with Gasteiger partial charge in [0.05, 0.1) is 5.39 Å². The van der Waals surface area contributed by atoms with Crippen molar-refractivity contribution in [1.29, 1.82) is 0 Å². The molecule has 6 rings (SSSR count). The molecule has 1 saturated carbocycles. The molecule has 0 radical (unpaired) electrons. The SMILES string of the molecule is CCc1c(F)ccc2cc(O)cc(-c3ncc4c(N5CCC6(CCCCC6)C5)nc(C)nc4c3F)c12. The predicted octanol–water partition coefficient (Wildman–Crippen LogP) is 6.86. The Balaban J connectivity index is 1.52. The third kappa shape index (κ3) is 3.67. The van der Waals surface area contributed by atoms with E-state index in [0.717, 1.165) is 25.3 Å². The fourth-order valence-electron chi connectivity index (χ4n) is 6.44. The van der Waals surface area contributed by atoms with E-state index in [0.29, 0.717) is 44.9 Å². The summed E-state index contributed by atoms with van der Waals surface area (Å²) in [6, 6.07) is 6.01. The summed E-state index contributed by atoms with van der Waals surface area (Å²) in [5.41, 5.74) is 1.42. The highest BCUT2D eigenvalue weighted by Gasteiger charge is 2.40. The van der Waals surface area contributed by atoms with E-state index in [4.69, 9.17) is 4.98 Å². The molecular weight excluding hydrogens is 458 g/mol. The maximum absolute atomic E-state index is 16.2. The summed E-state index contributed by atoms with van der Waals surface area (Å²) >= 11 is 0. The van der Waals surface area contributed by atoms with Gasteiger partial charge in [0.15, 0.2) is 5.82 Å². The fourth-order valence-corrected chi connectivity index (χ4v) is 6.44. The van der Waals surface area contributed by atoms with Crippen molar-refractivity contribution < 1.29 is 13.9 Å². The number of phenolic OH excluding ortho intramolecular Hbond substituents is 1. The second-order valence-electron chi connectivity index (χ2n) is 10.5. The Bertz CT molecular complexity index is 1500. The minimum atomic E-state index is -0.580. The molecule has 0 bridgehead atoms. The normalized spacial score (nSPS) is 17.5. The Labute approximate surface area is 209 Å². The Morgan fingerprint density at radius 1 is 1.06 bits per heavy atom. The first-order valence-corrected chi connectivity index (χ1v) is 12.9. The van der Waals surface area contributed by atoms with Crippen LogP contribution in [0.15, 0.2) is 30.5 Å². The summed E-state index contributed by atoms with van der Waals surface area (Å²) in [7, 11) is 0. The number of fused-ring (bicyclic) bond motifs is 2. The summed E-state index contributed by atoms with van der Waals surface area (Å²) in [6.07, 6.45) is 9.53. The third-order valence-electron chi connectivity index (χ3n) is 8.19. The first kappa shape index (κ1) is 23.1. The van der Waals surface area contributed by atoms with E-state index in [1.165, 1.54) is 44.2 Å². The molecule has 1 aliphatic heterocycles. The molecule has 1 aliphatic carbocycles. The highest BCUT2D eigenvalue weighted by atomic mass is 19.1. The minimum absolute atomic E-state index is 0.0261. The molecule has 7 heteroatoms. The molecule has 1 saturated heterocycles. The number of pyridine rings is 1. The molecule has 0 atom stereocenters. The van der Waals surface area contributed by atoms with Crippen LogP contribution in [0.2, 0.25) is 0 Å². The summed E-state index contributed by atoms with van der Waals surface area (Å²) in [6.45, 7) is 5.46. The number of rotatable bonds is 3. The average molecular weight is 489 g/mol. The number of phenols is 1. The zero-order valence-electron chi connectivity index (χ0n) is 20.7. The van der Waals surface area contributed by atoms with E-state index in [1.807, 2.05) is 6.92 Å². The second kappa shape index (κ2) is 8.64. The van der Waals surface area contributed by atoms with Gasteiger partial charge in [0, 0.05) is 24.8 Å². The lowest BCUT2D eigenvalue weighted by Crippen LogP contribution is -2.29. The molecule has 5 nitrogen and oxygen atoms in total. The van der Waals surface area contributed by atoms with Gasteiger partial charge in [0.1, 0.15) is 34.4 Å². The van der Waals surface area contributed by atoms with Gasteiger partial charge in [-0.1, -0.05) is 32.3 Å². The van der Waals surface area contributed by atoms with Crippen LogP contribution in [0, 0.1) is 24.0 Å². The van der Waals surface area contributed by atoms with Crippen molar-refractivity contribution in [3.63, 3.8) is 0 Å². The van der Waals surface area contributed by atoms with Crippen LogP contribution in [0.5, 0.6) is 5.75 Å². The van der Waals surface area contributed by atoms with E-state index in [9.17, 15) is 9.50 Å². The molecule has 0 unspecified atom stereocenters. The molecular formula is C29H30F2N4O. The number of benzene rings is 2. The van der Waals surface area contributed by atoms with E-state index in [2.05, 4.69) is 14.9 Å². The van der Waals surface area contributed by atoms with Gasteiger partial charge < -0.3 is 10.0 Å². The van der Waals surface area contributed by atoms with Crippen LogP contribution in [-0.2, 0) is 6.42 Å². The highest BCUT2D eigenvalue weighted by molar-refractivity contribution is 6.01. The maximum Gasteiger partial charge on any atom is 0.175 e. The smallest absolute Gasteiger partial charge is 0.175 e. The van der Waals surface area contributed by atoms with Crippen molar-refractivity contribution in [3.8, 4) is 17.0 Å². The van der Waals surface area contributed by atoms with E-state index in [1.54, 1.807) is 25.3 Å². The van der Waals surface area contributed by atoms with Crippen molar-refractivity contribution in [1.82, 2.24) is 15.0 Å². The molecule has 4 aromatic rings. The zero-order valence-corrected chi connectivity index (χ0v) is 20.7. The summed E-state index contributed by atoms with van der Waals surface area (Å²) in [5, 5.41) is 12.2. The number of halogens is 2. The van der Waals surface area contributed by atoms with Crippen molar-refractivity contribution >= 4 is 27.5 Å². The average Bonchev–Trinajstić information content (AvgIpc) is 3.27. The molecule has 186 valence electrons. The number of nitrogens with zero attached hydrogens (tertiary/aromatic N) is 4. The Morgan fingerprint density at radius 3 is 2.64 bits per heavy atom. The molecule has 2 aliphatic rings. The fraction of sp³-hybridized carbons (Fsp3) is 0.414. The van der Waals surface area contributed by atoms with Gasteiger partial charge in [-0.2, -0.15) is 0 Å². The zero-order chi connectivity index (χ0) is 25.0. The standard InChI is InChI=1S/C29H30F2N4O/c1-3-20-23(30)8-7-18-13-19(36)14-21(24(18)20)26-25(31)27-22(15-32-26)28(34-17(2)33-27)35-12-11-29(16-35)9-5-4-6-10-29/h7-8,13-15,36H,3-6,9-12,16H2,1-2H3. The van der Waals surface area contributed by atoms with Crippen molar-refractivity contribution in [2.45, 2.75) is 58.8 Å².